The largest absolute Gasteiger partial charge is 0.372 e. The molecule has 1 amide bonds. The van der Waals surface area contributed by atoms with Gasteiger partial charge >= 0.3 is 0 Å². The third-order valence-corrected chi connectivity index (χ3v) is 6.98. The zero-order valence-electron chi connectivity index (χ0n) is 20.1. The fourth-order valence-corrected chi connectivity index (χ4v) is 5.18. The van der Waals surface area contributed by atoms with Gasteiger partial charge in [-0.05, 0) is 35.5 Å². The van der Waals surface area contributed by atoms with E-state index in [2.05, 4.69) is 54.8 Å². The second-order valence-corrected chi connectivity index (χ2v) is 9.99. The predicted octanol–water partition coefficient (Wildman–Crippen LogP) is 3.87. The number of aryl methyl sites for hydroxylation is 1. The molecule has 1 aromatic carbocycles. The van der Waals surface area contributed by atoms with Crippen molar-refractivity contribution < 1.29 is 9.53 Å². The highest BCUT2D eigenvalue weighted by atomic mass is 31.0. The van der Waals surface area contributed by atoms with Crippen LogP contribution >= 0.6 is 9.24 Å². The van der Waals surface area contributed by atoms with E-state index < -0.39 is 0 Å². The number of rotatable bonds is 9. The van der Waals surface area contributed by atoms with E-state index >= 15 is 0 Å². The second kappa shape index (κ2) is 10.8. The lowest BCUT2D eigenvalue weighted by Gasteiger charge is -2.47. The number of pyridine rings is 1. The molecule has 35 heavy (non-hydrogen) atoms. The monoisotopic (exact) mass is 489 g/mol. The Morgan fingerprint density at radius 2 is 1.97 bits per heavy atom. The van der Waals surface area contributed by atoms with Crippen LogP contribution in [0.1, 0.15) is 37.3 Å². The van der Waals surface area contributed by atoms with Crippen LogP contribution in [0.4, 0.5) is 5.69 Å². The first-order chi connectivity index (χ1) is 17.1. The van der Waals surface area contributed by atoms with Crippen molar-refractivity contribution in [3.05, 3.63) is 66.3 Å². The van der Waals surface area contributed by atoms with Crippen molar-refractivity contribution in [3.8, 4) is 11.1 Å². The maximum Gasteiger partial charge on any atom is 0.248 e. The summed E-state index contributed by atoms with van der Waals surface area (Å²) in [5.74, 6) is -0.176. The van der Waals surface area contributed by atoms with Crippen molar-refractivity contribution in [2.45, 2.75) is 51.5 Å². The van der Waals surface area contributed by atoms with Gasteiger partial charge in [-0.2, -0.15) is 5.10 Å². The molecule has 6 rings (SSSR count). The first-order valence-electron chi connectivity index (χ1n) is 12.3. The van der Waals surface area contributed by atoms with Gasteiger partial charge in [-0.15, -0.1) is 9.24 Å². The lowest BCUT2D eigenvalue weighted by Crippen LogP contribution is -2.56. The summed E-state index contributed by atoms with van der Waals surface area (Å²) >= 11 is 0. The minimum atomic E-state index is -0.176. The highest BCUT2D eigenvalue weighted by Crippen LogP contribution is 2.29. The fraction of sp³-hybridized carbons (Fsp3) is 0.370. The van der Waals surface area contributed by atoms with E-state index in [1.54, 1.807) is 12.3 Å². The number of ether oxygens (including phenoxy) is 1. The van der Waals surface area contributed by atoms with E-state index in [0.717, 1.165) is 66.7 Å². The lowest BCUT2D eigenvalue weighted by atomic mass is 9.98. The van der Waals surface area contributed by atoms with Crippen molar-refractivity contribution in [3.63, 3.8) is 0 Å². The smallest absolute Gasteiger partial charge is 0.248 e. The molecule has 5 heterocycles. The molecule has 2 bridgehead atoms. The Morgan fingerprint density at radius 1 is 1.20 bits per heavy atom. The van der Waals surface area contributed by atoms with Crippen molar-refractivity contribution in [2.24, 2.45) is 0 Å². The highest BCUT2D eigenvalue weighted by Gasteiger charge is 2.37. The van der Waals surface area contributed by atoms with Crippen LogP contribution in [-0.4, -0.2) is 50.9 Å². The topological polar surface area (TPSA) is 72.3 Å². The molecule has 182 valence electrons. The summed E-state index contributed by atoms with van der Waals surface area (Å²) in [6.07, 6.45) is 15.1. The summed E-state index contributed by atoms with van der Waals surface area (Å²) in [6, 6.07) is 8.08. The van der Waals surface area contributed by atoms with Crippen LogP contribution in [0.3, 0.4) is 0 Å². The van der Waals surface area contributed by atoms with Crippen LogP contribution in [-0.2, 0) is 22.6 Å². The number of aromatic nitrogens is 3. The number of carbonyl (C=O) groups is 1. The summed E-state index contributed by atoms with van der Waals surface area (Å²) in [6.45, 7) is 6.00. The van der Waals surface area contributed by atoms with Gasteiger partial charge in [0.25, 0.3) is 0 Å². The van der Waals surface area contributed by atoms with E-state index in [9.17, 15) is 4.79 Å². The molecule has 7 nitrogen and oxygen atoms in total. The van der Waals surface area contributed by atoms with Gasteiger partial charge in [-0.1, -0.05) is 25.5 Å². The number of morpholine rings is 1. The number of anilines is 1. The Morgan fingerprint density at radius 3 is 2.71 bits per heavy atom. The minimum absolute atomic E-state index is 0.176. The van der Waals surface area contributed by atoms with Gasteiger partial charge in [-0.3, -0.25) is 19.4 Å². The molecule has 0 saturated carbocycles. The molecule has 3 aliphatic rings. The number of benzene rings is 1. The summed E-state index contributed by atoms with van der Waals surface area (Å²) < 4.78 is 7.68. The molecule has 0 aliphatic carbocycles. The lowest BCUT2D eigenvalue weighted by molar-refractivity contribution is -0.182. The Balaban J connectivity index is 1.21. The molecule has 3 atom stereocenters. The quantitative estimate of drug-likeness (QED) is 0.365. The third-order valence-electron chi connectivity index (χ3n) is 6.54. The van der Waals surface area contributed by atoms with Gasteiger partial charge in [0.1, 0.15) is 0 Å². The van der Waals surface area contributed by atoms with Crippen molar-refractivity contribution >= 4 is 32.2 Å². The zero-order valence-corrected chi connectivity index (χ0v) is 21.2. The molecular formula is C27H32N5O2P. The Hall–Kier alpha value is -2.86. The van der Waals surface area contributed by atoms with E-state index in [1.165, 1.54) is 12.0 Å². The number of nitrogens with one attached hydrogen (secondary N) is 1. The summed E-state index contributed by atoms with van der Waals surface area (Å²) in [4.78, 5) is 19.4. The first-order valence-corrected chi connectivity index (χ1v) is 12.9. The van der Waals surface area contributed by atoms with Gasteiger partial charge < -0.3 is 10.1 Å². The first kappa shape index (κ1) is 23.9. The van der Waals surface area contributed by atoms with Crippen LogP contribution in [0.25, 0.3) is 17.2 Å². The van der Waals surface area contributed by atoms with Gasteiger partial charge in [0.2, 0.25) is 5.91 Å². The summed E-state index contributed by atoms with van der Waals surface area (Å²) in [5.41, 5.74) is 4.93. The number of hydrogen-bond acceptors (Lipinski definition) is 5. The molecule has 1 N–H and O–H groups in total. The standard InChI is InChI=1S/C27H32N5O2P/c1-2-3-10-32-16-21(13-29-32)27-20(12-28-14-25(27)35)6-9-26(33)30-22-7-4-19(5-8-22)15-31-17-23-11-24(18-31)34-23/h4-9,12-14,16,23-24H,2-3,10-11,15,17-18,35H2,1H3,(H,30,33)/b9-6+. The predicted molar refractivity (Wildman–Crippen MR) is 142 cm³/mol. The molecule has 3 aliphatic heterocycles. The number of piperidine rings is 1. The van der Waals surface area contributed by atoms with Crippen molar-refractivity contribution in [1.82, 2.24) is 19.7 Å². The average Bonchev–Trinajstić information content (AvgIpc) is 3.30. The van der Waals surface area contributed by atoms with Gasteiger partial charge in [0.05, 0.1) is 18.4 Å². The summed E-state index contributed by atoms with van der Waals surface area (Å²) in [5, 5.41) is 8.41. The summed E-state index contributed by atoms with van der Waals surface area (Å²) in [7, 11) is 2.73. The number of hydrogen-bond donors (Lipinski definition) is 1. The SMILES string of the molecule is CCCCn1cc(-c2c(P)cncc2/C=C/C(=O)Nc2ccc(CN3CC4CC(C3)O4)cc2)cn1. The molecule has 3 unspecified atom stereocenters. The van der Waals surface area contributed by atoms with E-state index in [4.69, 9.17) is 4.74 Å². The van der Waals surface area contributed by atoms with Crippen LogP contribution < -0.4 is 10.6 Å². The fourth-order valence-electron chi connectivity index (χ4n) is 4.76. The minimum Gasteiger partial charge on any atom is -0.372 e. The second-order valence-electron chi connectivity index (χ2n) is 9.37. The third kappa shape index (κ3) is 5.87. The average molecular weight is 490 g/mol. The molecule has 0 spiro atoms. The van der Waals surface area contributed by atoms with Gasteiger partial charge in [-0.25, -0.2) is 0 Å². The number of unbranched alkanes of at least 4 members (excludes halogenated alkanes) is 1. The number of carbonyl (C=O) groups excluding carboxylic acids is 1. The Kier molecular flexibility index (Phi) is 7.37. The molecule has 3 aromatic rings. The van der Waals surface area contributed by atoms with Gasteiger partial charge in [0.15, 0.2) is 0 Å². The maximum absolute atomic E-state index is 12.6. The maximum atomic E-state index is 12.6. The van der Waals surface area contributed by atoms with Crippen LogP contribution in [0.2, 0.25) is 0 Å². The molecular weight excluding hydrogens is 457 g/mol. The molecule has 2 aromatic heterocycles. The van der Waals surface area contributed by atoms with E-state index in [0.29, 0.717) is 12.2 Å². The van der Waals surface area contributed by atoms with E-state index in [1.807, 2.05) is 35.3 Å². The van der Waals surface area contributed by atoms with Crippen LogP contribution in [0.5, 0.6) is 0 Å². The zero-order chi connectivity index (χ0) is 24.2. The van der Waals surface area contributed by atoms with Crippen LogP contribution in [0.15, 0.2) is 55.1 Å². The highest BCUT2D eigenvalue weighted by molar-refractivity contribution is 7.28. The molecule has 0 radical (unpaired) electrons. The van der Waals surface area contributed by atoms with Gasteiger partial charge in [0, 0.05) is 79.6 Å². The molecule has 3 fully saturated rings. The van der Waals surface area contributed by atoms with Crippen LogP contribution in [0, 0.1) is 0 Å². The van der Waals surface area contributed by atoms with Crippen molar-refractivity contribution in [1.29, 1.82) is 0 Å². The molecule has 8 heteroatoms. The Bertz CT molecular complexity index is 1190. The van der Waals surface area contributed by atoms with E-state index in [-0.39, 0.29) is 5.91 Å². The number of fused-ring (bicyclic) bond motifs is 2. The normalized spacial score (nSPS) is 19.6. The Labute approximate surface area is 208 Å². The van der Waals surface area contributed by atoms with Crippen molar-refractivity contribution in [2.75, 3.05) is 18.4 Å². The number of nitrogens with zero attached hydrogens (tertiary/aromatic N) is 4. The molecule has 3 saturated heterocycles. The number of amides is 1.